The summed E-state index contributed by atoms with van der Waals surface area (Å²) in [6.45, 7) is 9.45. The van der Waals surface area contributed by atoms with Crippen molar-refractivity contribution < 1.29 is 0 Å². The number of anilines is 3. The van der Waals surface area contributed by atoms with Crippen molar-refractivity contribution in [3.05, 3.63) is 78.0 Å². The molecule has 2 heterocycles. The molecular formula is C24H29N5. The van der Waals surface area contributed by atoms with Gasteiger partial charge in [0.05, 0.1) is 0 Å². The first-order valence-electron chi connectivity index (χ1n) is 10.4. The molecule has 1 N–H and O–H groups in total. The van der Waals surface area contributed by atoms with E-state index in [4.69, 9.17) is 4.98 Å². The van der Waals surface area contributed by atoms with E-state index in [1.54, 1.807) is 0 Å². The Labute approximate surface area is 173 Å². The Morgan fingerprint density at radius 1 is 0.897 bits per heavy atom. The molecule has 3 aromatic rings. The zero-order chi connectivity index (χ0) is 20.1. The van der Waals surface area contributed by atoms with E-state index in [0.717, 1.165) is 44.2 Å². The Morgan fingerprint density at radius 2 is 1.62 bits per heavy atom. The number of aromatic nitrogens is 2. The summed E-state index contributed by atoms with van der Waals surface area (Å²) in [5, 5.41) is 3.33. The van der Waals surface area contributed by atoms with Gasteiger partial charge in [-0.3, -0.25) is 4.90 Å². The molecule has 0 radical (unpaired) electrons. The number of hydrogen-bond acceptors (Lipinski definition) is 5. The van der Waals surface area contributed by atoms with E-state index in [9.17, 15) is 0 Å². The van der Waals surface area contributed by atoms with Gasteiger partial charge in [-0.25, -0.2) is 4.98 Å². The van der Waals surface area contributed by atoms with Crippen LogP contribution in [0.2, 0.25) is 0 Å². The van der Waals surface area contributed by atoms with E-state index in [1.165, 1.54) is 11.1 Å². The first-order valence-corrected chi connectivity index (χ1v) is 10.4. The molecule has 0 aliphatic carbocycles. The van der Waals surface area contributed by atoms with Crippen LogP contribution < -0.4 is 10.2 Å². The molecule has 5 nitrogen and oxygen atoms in total. The van der Waals surface area contributed by atoms with Crippen molar-refractivity contribution in [3.63, 3.8) is 0 Å². The number of benzene rings is 2. The topological polar surface area (TPSA) is 44.3 Å². The summed E-state index contributed by atoms with van der Waals surface area (Å²) >= 11 is 0. The molecule has 1 aliphatic heterocycles. The van der Waals surface area contributed by atoms with Crippen molar-refractivity contribution in [2.24, 2.45) is 0 Å². The highest BCUT2D eigenvalue weighted by atomic mass is 15.3. The highest BCUT2D eigenvalue weighted by molar-refractivity contribution is 5.55. The molecule has 0 spiro atoms. The third-order valence-electron chi connectivity index (χ3n) is 5.42. The lowest BCUT2D eigenvalue weighted by atomic mass is 10.0. The van der Waals surface area contributed by atoms with Crippen LogP contribution in [0.1, 0.15) is 30.9 Å². The maximum Gasteiger partial charge on any atom is 0.229 e. The number of piperazine rings is 1. The molecule has 0 atom stereocenters. The van der Waals surface area contributed by atoms with Crippen molar-refractivity contribution in [2.45, 2.75) is 26.3 Å². The molecule has 150 valence electrons. The van der Waals surface area contributed by atoms with Gasteiger partial charge in [-0.2, -0.15) is 4.98 Å². The number of nitrogens with one attached hydrogen (secondary N) is 1. The van der Waals surface area contributed by atoms with Crippen LogP contribution in [0.3, 0.4) is 0 Å². The highest BCUT2D eigenvalue weighted by Gasteiger charge is 2.18. The average Bonchev–Trinajstić information content (AvgIpc) is 2.76. The fraction of sp³-hybridized carbons (Fsp3) is 0.333. The predicted octanol–water partition coefficient (Wildman–Crippen LogP) is 4.67. The van der Waals surface area contributed by atoms with Crippen LogP contribution in [-0.4, -0.2) is 41.0 Å². The van der Waals surface area contributed by atoms with Gasteiger partial charge in [0.15, 0.2) is 0 Å². The van der Waals surface area contributed by atoms with Crippen LogP contribution in [0.25, 0.3) is 0 Å². The lowest BCUT2D eigenvalue weighted by Gasteiger charge is -2.35. The Balaban J connectivity index is 1.35. The second-order valence-corrected chi connectivity index (χ2v) is 7.89. The molecule has 1 aliphatic rings. The predicted molar refractivity (Wildman–Crippen MR) is 120 cm³/mol. The van der Waals surface area contributed by atoms with Gasteiger partial charge in [-0.1, -0.05) is 56.3 Å². The third-order valence-corrected chi connectivity index (χ3v) is 5.42. The van der Waals surface area contributed by atoms with Gasteiger partial charge in [-0.15, -0.1) is 0 Å². The summed E-state index contributed by atoms with van der Waals surface area (Å²) in [5.41, 5.74) is 3.72. The number of nitrogens with zero attached hydrogens (tertiary/aromatic N) is 4. The van der Waals surface area contributed by atoms with Crippen LogP contribution in [0, 0.1) is 0 Å². The maximum absolute atomic E-state index is 4.74. The molecule has 0 unspecified atom stereocenters. The number of hydrogen-bond donors (Lipinski definition) is 1. The molecule has 1 saturated heterocycles. The molecule has 5 heteroatoms. The van der Waals surface area contributed by atoms with Gasteiger partial charge >= 0.3 is 0 Å². The Kier molecular flexibility index (Phi) is 6.06. The minimum Gasteiger partial charge on any atom is -0.354 e. The second-order valence-electron chi connectivity index (χ2n) is 7.89. The van der Waals surface area contributed by atoms with Crippen LogP contribution in [0.4, 0.5) is 17.5 Å². The van der Waals surface area contributed by atoms with Gasteiger partial charge in [0, 0.05) is 44.6 Å². The molecule has 2 aromatic carbocycles. The summed E-state index contributed by atoms with van der Waals surface area (Å²) in [6, 6.07) is 21.2. The molecular weight excluding hydrogens is 358 g/mol. The Morgan fingerprint density at radius 3 is 2.31 bits per heavy atom. The maximum atomic E-state index is 4.74. The summed E-state index contributed by atoms with van der Waals surface area (Å²) in [7, 11) is 0. The van der Waals surface area contributed by atoms with E-state index in [1.807, 2.05) is 12.3 Å². The second kappa shape index (κ2) is 9.05. The summed E-state index contributed by atoms with van der Waals surface area (Å²) in [5.74, 6) is 2.16. The summed E-state index contributed by atoms with van der Waals surface area (Å²) < 4.78 is 0. The normalized spacial score (nSPS) is 14.9. The molecule has 0 amide bonds. The van der Waals surface area contributed by atoms with Crippen molar-refractivity contribution in [2.75, 3.05) is 36.4 Å². The smallest absolute Gasteiger partial charge is 0.229 e. The van der Waals surface area contributed by atoms with E-state index in [2.05, 4.69) is 88.5 Å². The quantitative estimate of drug-likeness (QED) is 0.666. The minimum atomic E-state index is 0.532. The molecule has 4 rings (SSSR count). The van der Waals surface area contributed by atoms with Crippen molar-refractivity contribution >= 4 is 17.5 Å². The molecule has 0 saturated carbocycles. The highest BCUT2D eigenvalue weighted by Crippen LogP contribution is 2.21. The number of rotatable bonds is 6. The van der Waals surface area contributed by atoms with Gasteiger partial charge < -0.3 is 10.2 Å². The molecule has 29 heavy (non-hydrogen) atoms. The summed E-state index contributed by atoms with van der Waals surface area (Å²) in [6.07, 6.45) is 1.84. The van der Waals surface area contributed by atoms with Gasteiger partial charge in [0.25, 0.3) is 0 Å². The van der Waals surface area contributed by atoms with Crippen molar-refractivity contribution in [3.8, 4) is 0 Å². The van der Waals surface area contributed by atoms with E-state index < -0.39 is 0 Å². The lowest BCUT2D eigenvalue weighted by Crippen LogP contribution is -2.46. The van der Waals surface area contributed by atoms with Crippen molar-refractivity contribution in [1.29, 1.82) is 0 Å². The van der Waals surface area contributed by atoms with E-state index in [-0.39, 0.29) is 0 Å². The zero-order valence-electron chi connectivity index (χ0n) is 17.3. The third kappa shape index (κ3) is 5.12. The average molecular weight is 388 g/mol. The summed E-state index contributed by atoms with van der Waals surface area (Å²) in [4.78, 5) is 14.0. The van der Waals surface area contributed by atoms with Gasteiger partial charge in [0.2, 0.25) is 5.95 Å². The van der Waals surface area contributed by atoms with Crippen molar-refractivity contribution in [1.82, 2.24) is 14.9 Å². The van der Waals surface area contributed by atoms with Gasteiger partial charge in [-0.05, 0) is 35.2 Å². The minimum absolute atomic E-state index is 0.532. The van der Waals surface area contributed by atoms with E-state index >= 15 is 0 Å². The lowest BCUT2D eigenvalue weighted by molar-refractivity contribution is 0.249. The van der Waals surface area contributed by atoms with Crippen LogP contribution in [0.5, 0.6) is 0 Å². The van der Waals surface area contributed by atoms with Crippen LogP contribution in [-0.2, 0) is 6.54 Å². The molecule has 1 aromatic heterocycles. The molecule has 1 fully saturated rings. The monoisotopic (exact) mass is 387 g/mol. The first-order chi connectivity index (χ1) is 14.2. The molecule has 0 bridgehead atoms. The van der Waals surface area contributed by atoms with Gasteiger partial charge in [0.1, 0.15) is 5.82 Å². The van der Waals surface area contributed by atoms with E-state index in [0.29, 0.717) is 11.9 Å². The standard InChI is InChI=1S/C24H29N5/c1-19(2)21-8-10-22(11-9-21)26-24-25-13-12-23(27-24)29-16-14-28(15-17-29)18-20-6-4-3-5-7-20/h3-13,19H,14-18H2,1-2H3,(H,25,26,27). The first kappa shape index (κ1) is 19.4. The van der Waals surface area contributed by atoms with Crippen LogP contribution in [0.15, 0.2) is 66.9 Å². The zero-order valence-corrected chi connectivity index (χ0v) is 17.3. The Bertz CT molecular complexity index is 900. The fourth-order valence-electron chi connectivity index (χ4n) is 3.64. The Hall–Kier alpha value is -2.92. The SMILES string of the molecule is CC(C)c1ccc(Nc2nccc(N3CCN(Cc4ccccc4)CC3)n2)cc1. The largest absolute Gasteiger partial charge is 0.354 e. The fourth-order valence-corrected chi connectivity index (χ4v) is 3.64. The van der Waals surface area contributed by atoms with Crippen LogP contribution >= 0.6 is 0 Å².